The number of nitrogens with one attached hydrogen (secondary N) is 1. The van der Waals surface area contributed by atoms with Gasteiger partial charge < -0.3 is 20.0 Å². The molecule has 2 fully saturated rings. The number of carbonyl (C=O) groups is 1. The molecule has 0 saturated carbocycles. The predicted octanol–water partition coefficient (Wildman–Crippen LogP) is 1.82. The van der Waals surface area contributed by atoms with Crippen LogP contribution in [0.15, 0.2) is 29.3 Å². The van der Waals surface area contributed by atoms with Gasteiger partial charge in [0.1, 0.15) is 0 Å². The normalized spacial score (nSPS) is 19.0. The topological polar surface area (TPSA) is 54.4 Å². The predicted molar refractivity (Wildman–Crippen MR) is 134 cm³/mol. The van der Waals surface area contributed by atoms with Crippen LogP contribution in [0.3, 0.4) is 0 Å². The first-order valence-corrected chi connectivity index (χ1v) is 10.9. The number of aliphatic imine (C=N–C) groups is 1. The third kappa shape index (κ3) is 7.25. The van der Waals surface area contributed by atoms with Crippen molar-refractivity contribution in [2.75, 3.05) is 72.5 Å². The molecule has 0 aromatic heterocycles. The molecule has 2 saturated heterocycles. The van der Waals surface area contributed by atoms with Crippen molar-refractivity contribution < 1.29 is 4.79 Å². The summed E-state index contributed by atoms with van der Waals surface area (Å²) in [6, 6.07) is 7.68. The van der Waals surface area contributed by atoms with E-state index in [9.17, 15) is 4.79 Å². The summed E-state index contributed by atoms with van der Waals surface area (Å²) in [6.45, 7) is 12.2. The third-order valence-electron chi connectivity index (χ3n) is 5.74. The number of nitrogens with zero attached hydrogens (tertiary/aromatic N) is 5. The van der Waals surface area contributed by atoms with Crippen molar-refractivity contribution in [1.29, 1.82) is 0 Å². The maximum Gasteiger partial charge on any atom is 0.242 e. The van der Waals surface area contributed by atoms with E-state index >= 15 is 0 Å². The first-order valence-electron chi connectivity index (χ1n) is 10.5. The average Bonchev–Trinajstić information content (AvgIpc) is 2.75. The van der Waals surface area contributed by atoms with Crippen molar-refractivity contribution >= 4 is 47.4 Å². The number of halogens is 2. The van der Waals surface area contributed by atoms with Crippen molar-refractivity contribution in [3.05, 3.63) is 34.9 Å². The number of piperazine rings is 2. The Morgan fingerprint density at radius 2 is 1.73 bits per heavy atom. The fourth-order valence-corrected chi connectivity index (χ4v) is 3.98. The Kier molecular flexibility index (Phi) is 10.6. The number of carbonyl (C=O) groups excluding carboxylic acids is 1. The highest BCUT2D eigenvalue weighted by Crippen LogP contribution is 2.13. The standard InChI is InChI=1S/C21H33ClN6O.HI/c1-3-25-10-12-26(13-11-25)9-8-24-21(23-2)28-15-14-27(20(29)17-28)16-18-4-6-19(22)7-5-18;/h4-7H,3,8-17H2,1-2H3,(H,23,24);1H. The highest BCUT2D eigenvalue weighted by Gasteiger charge is 2.26. The number of hydrogen-bond donors (Lipinski definition) is 1. The summed E-state index contributed by atoms with van der Waals surface area (Å²) in [5.41, 5.74) is 1.10. The van der Waals surface area contributed by atoms with Gasteiger partial charge in [-0.3, -0.25) is 14.7 Å². The maximum atomic E-state index is 12.6. The summed E-state index contributed by atoms with van der Waals surface area (Å²) >= 11 is 5.94. The Labute approximate surface area is 202 Å². The molecular formula is C21H34ClIN6O. The minimum Gasteiger partial charge on any atom is -0.355 e. The van der Waals surface area contributed by atoms with Crippen LogP contribution in [-0.2, 0) is 11.3 Å². The summed E-state index contributed by atoms with van der Waals surface area (Å²) in [6.07, 6.45) is 0. The number of rotatable bonds is 6. The minimum atomic E-state index is 0. The minimum absolute atomic E-state index is 0. The molecule has 30 heavy (non-hydrogen) atoms. The molecule has 0 bridgehead atoms. The van der Waals surface area contributed by atoms with Gasteiger partial charge in [0, 0.05) is 71.0 Å². The molecule has 0 spiro atoms. The van der Waals surface area contributed by atoms with E-state index in [1.165, 1.54) is 0 Å². The summed E-state index contributed by atoms with van der Waals surface area (Å²) in [7, 11) is 1.78. The monoisotopic (exact) mass is 548 g/mol. The van der Waals surface area contributed by atoms with Gasteiger partial charge in [0.05, 0.1) is 6.54 Å². The largest absolute Gasteiger partial charge is 0.355 e. The highest BCUT2D eigenvalue weighted by atomic mass is 127. The zero-order valence-corrected chi connectivity index (χ0v) is 21.1. The molecule has 2 aliphatic heterocycles. The second-order valence-corrected chi connectivity index (χ2v) is 8.05. The van der Waals surface area contributed by atoms with Crippen molar-refractivity contribution in [2.24, 2.45) is 4.99 Å². The first-order chi connectivity index (χ1) is 14.1. The fraction of sp³-hybridized carbons (Fsp3) is 0.619. The molecule has 2 aliphatic rings. The number of guanidine groups is 1. The van der Waals surface area contributed by atoms with Gasteiger partial charge >= 0.3 is 0 Å². The van der Waals surface area contributed by atoms with E-state index in [2.05, 4.69) is 31.9 Å². The molecule has 0 unspecified atom stereocenters. The van der Waals surface area contributed by atoms with Crippen LogP contribution in [0, 0.1) is 0 Å². The average molecular weight is 549 g/mol. The molecule has 1 amide bonds. The molecule has 2 heterocycles. The molecule has 0 atom stereocenters. The second kappa shape index (κ2) is 12.7. The Bertz CT molecular complexity index is 693. The van der Waals surface area contributed by atoms with E-state index in [0.717, 1.165) is 63.9 Å². The van der Waals surface area contributed by atoms with Crippen LogP contribution in [0.1, 0.15) is 12.5 Å². The molecule has 168 valence electrons. The third-order valence-corrected chi connectivity index (χ3v) is 5.99. The number of likely N-dealkylation sites (N-methyl/N-ethyl adjacent to an activating group) is 1. The van der Waals surface area contributed by atoms with Crippen LogP contribution in [0.2, 0.25) is 5.02 Å². The lowest BCUT2D eigenvalue weighted by Gasteiger charge is -2.37. The van der Waals surface area contributed by atoms with Crippen molar-refractivity contribution in [2.45, 2.75) is 13.5 Å². The zero-order chi connectivity index (χ0) is 20.6. The molecule has 0 aliphatic carbocycles. The molecule has 7 nitrogen and oxygen atoms in total. The van der Waals surface area contributed by atoms with E-state index in [4.69, 9.17) is 11.6 Å². The van der Waals surface area contributed by atoms with E-state index < -0.39 is 0 Å². The molecule has 1 aromatic rings. The lowest BCUT2D eigenvalue weighted by Crippen LogP contribution is -2.55. The quantitative estimate of drug-likeness (QED) is 0.334. The Balaban J connectivity index is 0.00000320. The van der Waals surface area contributed by atoms with Gasteiger partial charge in [0.15, 0.2) is 5.96 Å². The molecule has 3 rings (SSSR count). The summed E-state index contributed by atoms with van der Waals surface area (Å²) in [4.78, 5) is 26.0. The molecule has 0 radical (unpaired) electrons. The van der Waals surface area contributed by atoms with Crippen LogP contribution in [0.5, 0.6) is 0 Å². The van der Waals surface area contributed by atoms with Gasteiger partial charge in [-0.15, -0.1) is 24.0 Å². The van der Waals surface area contributed by atoms with Gasteiger partial charge in [-0.1, -0.05) is 30.7 Å². The van der Waals surface area contributed by atoms with Crippen molar-refractivity contribution in [3.63, 3.8) is 0 Å². The van der Waals surface area contributed by atoms with Crippen LogP contribution in [0.25, 0.3) is 0 Å². The van der Waals surface area contributed by atoms with Crippen LogP contribution >= 0.6 is 35.6 Å². The van der Waals surface area contributed by atoms with Crippen molar-refractivity contribution in [1.82, 2.24) is 24.9 Å². The SMILES string of the molecule is CCN1CCN(CCNC(=NC)N2CCN(Cc3ccc(Cl)cc3)C(=O)C2)CC1.I. The summed E-state index contributed by atoms with van der Waals surface area (Å²) in [5.74, 6) is 0.946. The Morgan fingerprint density at radius 3 is 2.33 bits per heavy atom. The van der Waals surface area contributed by atoms with Crippen LogP contribution < -0.4 is 5.32 Å². The molecule has 9 heteroatoms. The van der Waals surface area contributed by atoms with E-state index in [0.29, 0.717) is 24.7 Å². The van der Waals surface area contributed by atoms with E-state index in [-0.39, 0.29) is 29.9 Å². The van der Waals surface area contributed by atoms with Gasteiger partial charge in [-0.25, -0.2) is 0 Å². The smallest absolute Gasteiger partial charge is 0.242 e. The fourth-order valence-electron chi connectivity index (χ4n) is 3.85. The van der Waals surface area contributed by atoms with Gasteiger partial charge in [-0.05, 0) is 24.2 Å². The first kappa shape index (κ1) is 25.2. The number of benzene rings is 1. The van der Waals surface area contributed by atoms with Crippen molar-refractivity contribution in [3.8, 4) is 0 Å². The molecule has 1 N–H and O–H groups in total. The lowest BCUT2D eigenvalue weighted by molar-refractivity contribution is -0.135. The van der Waals surface area contributed by atoms with Crippen LogP contribution in [-0.4, -0.2) is 104 Å². The number of hydrogen-bond acceptors (Lipinski definition) is 4. The van der Waals surface area contributed by atoms with E-state index in [1.54, 1.807) is 7.05 Å². The van der Waals surface area contributed by atoms with Gasteiger partial charge in [-0.2, -0.15) is 0 Å². The Morgan fingerprint density at radius 1 is 1.07 bits per heavy atom. The van der Waals surface area contributed by atoms with Gasteiger partial charge in [0.25, 0.3) is 0 Å². The highest BCUT2D eigenvalue weighted by molar-refractivity contribution is 14.0. The zero-order valence-electron chi connectivity index (χ0n) is 18.0. The summed E-state index contributed by atoms with van der Waals surface area (Å²) < 4.78 is 0. The van der Waals surface area contributed by atoms with Crippen LogP contribution in [0.4, 0.5) is 0 Å². The second-order valence-electron chi connectivity index (χ2n) is 7.61. The maximum absolute atomic E-state index is 12.6. The molecular weight excluding hydrogens is 515 g/mol. The van der Waals surface area contributed by atoms with Gasteiger partial charge in [0.2, 0.25) is 5.91 Å². The summed E-state index contributed by atoms with van der Waals surface area (Å²) in [5, 5.41) is 4.15. The molecule has 1 aromatic carbocycles. The number of amides is 1. The van der Waals surface area contributed by atoms with E-state index in [1.807, 2.05) is 29.2 Å². The lowest BCUT2D eigenvalue weighted by atomic mass is 10.2. The Hall–Kier alpha value is -1.10.